The molecule has 16 heavy (non-hydrogen) atoms. The van der Waals surface area contributed by atoms with E-state index in [-0.39, 0.29) is 23.7 Å². The van der Waals surface area contributed by atoms with Crippen molar-refractivity contribution in [2.24, 2.45) is 16.8 Å². The Bertz CT molecular complexity index is 324. The Morgan fingerprint density at radius 3 is 2.38 bits per heavy atom. The second-order valence-corrected chi connectivity index (χ2v) is 5.44. The van der Waals surface area contributed by atoms with Gasteiger partial charge in [0.25, 0.3) is 5.91 Å². The summed E-state index contributed by atoms with van der Waals surface area (Å²) in [6.07, 6.45) is 0. The van der Waals surface area contributed by atoms with Crippen molar-refractivity contribution >= 4 is 28.7 Å². The van der Waals surface area contributed by atoms with E-state index in [4.69, 9.17) is 0 Å². The van der Waals surface area contributed by atoms with Gasteiger partial charge in [-0.2, -0.15) is 4.99 Å². The third-order valence-corrected chi connectivity index (χ3v) is 3.19. The minimum atomic E-state index is -0.161. The molecule has 2 amide bonds. The largest absolute Gasteiger partial charge is 0.290 e. The van der Waals surface area contributed by atoms with Crippen molar-refractivity contribution in [1.29, 1.82) is 0 Å². The molecule has 5 heteroatoms. The third kappa shape index (κ3) is 3.07. The van der Waals surface area contributed by atoms with Crippen LogP contribution in [0.4, 0.5) is 0 Å². The number of amides is 2. The van der Waals surface area contributed by atoms with Crippen molar-refractivity contribution in [1.82, 2.24) is 4.90 Å². The average molecular weight is 242 g/mol. The van der Waals surface area contributed by atoms with Crippen LogP contribution in [0.1, 0.15) is 27.7 Å². The lowest BCUT2D eigenvalue weighted by Gasteiger charge is -2.17. The fourth-order valence-electron chi connectivity index (χ4n) is 1.23. The first-order valence-electron chi connectivity index (χ1n) is 5.50. The summed E-state index contributed by atoms with van der Waals surface area (Å²) in [5, 5.41) is 0.567. The number of rotatable bonds is 2. The van der Waals surface area contributed by atoms with E-state index < -0.39 is 0 Å². The molecule has 1 saturated heterocycles. The van der Waals surface area contributed by atoms with Gasteiger partial charge in [-0.15, -0.1) is 0 Å². The maximum atomic E-state index is 11.8. The summed E-state index contributed by atoms with van der Waals surface area (Å²) < 4.78 is 0. The second-order valence-electron chi connectivity index (χ2n) is 4.38. The molecule has 1 rings (SSSR count). The molecule has 0 aliphatic carbocycles. The highest BCUT2D eigenvalue weighted by atomic mass is 32.2. The highest BCUT2D eigenvalue weighted by Crippen LogP contribution is 2.20. The quantitative estimate of drug-likeness (QED) is 0.741. The van der Waals surface area contributed by atoms with Gasteiger partial charge in [-0.3, -0.25) is 14.5 Å². The number of carbonyl (C=O) groups is 2. The van der Waals surface area contributed by atoms with Gasteiger partial charge in [-0.1, -0.05) is 39.5 Å². The molecule has 90 valence electrons. The molecule has 0 radical (unpaired) electrons. The van der Waals surface area contributed by atoms with Crippen molar-refractivity contribution in [3.8, 4) is 0 Å². The van der Waals surface area contributed by atoms with Crippen molar-refractivity contribution in [3.05, 3.63) is 0 Å². The van der Waals surface area contributed by atoms with Gasteiger partial charge in [0, 0.05) is 24.1 Å². The molecule has 0 aromatic rings. The van der Waals surface area contributed by atoms with Crippen molar-refractivity contribution in [2.75, 3.05) is 12.3 Å². The van der Waals surface area contributed by atoms with Gasteiger partial charge in [0.2, 0.25) is 5.91 Å². The molecule has 0 atom stereocenters. The molecule has 0 N–H and O–H groups in total. The average Bonchev–Trinajstić information content (AvgIpc) is 2.64. The lowest BCUT2D eigenvalue weighted by atomic mass is 10.2. The topological polar surface area (TPSA) is 49.7 Å². The zero-order valence-electron chi connectivity index (χ0n) is 10.2. The summed E-state index contributed by atoms with van der Waals surface area (Å²) >= 11 is 1.48. The van der Waals surface area contributed by atoms with Crippen molar-refractivity contribution < 1.29 is 9.59 Å². The molecule has 0 aromatic carbocycles. The van der Waals surface area contributed by atoms with E-state index in [2.05, 4.69) is 4.99 Å². The van der Waals surface area contributed by atoms with E-state index in [1.807, 2.05) is 13.8 Å². The predicted octanol–water partition coefficient (Wildman–Crippen LogP) is 1.76. The smallest absolute Gasteiger partial charge is 0.250 e. The minimum Gasteiger partial charge on any atom is -0.290 e. The summed E-state index contributed by atoms with van der Waals surface area (Å²) in [6.45, 7) is 7.98. The molecule has 1 fully saturated rings. The standard InChI is InChI=1S/C11H18N2O2S/c1-7(2)9(14)12-11-13(5-6-16-11)10(15)8(3)4/h7-8H,5-6H2,1-4H3. The number of hydrogen-bond acceptors (Lipinski definition) is 3. The summed E-state index contributed by atoms with van der Waals surface area (Å²) in [5.74, 6) is 0.525. The maximum absolute atomic E-state index is 11.8. The van der Waals surface area contributed by atoms with Crippen LogP contribution in [0.5, 0.6) is 0 Å². The number of nitrogens with zero attached hydrogens (tertiary/aromatic N) is 2. The van der Waals surface area contributed by atoms with Crippen LogP contribution in [0.3, 0.4) is 0 Å². The first kappa shape index (κ1) is 13.2. The third-order valence-electron chi connectivity index (χ3n) is 2.24. The number of amidine groups is 1. The SMILES string of the molecule is CC(C)C(=O)N=C1SCCN1C(=O)C(C)C. The fraction of sp³-hybridized carbons (Fsp3) is 0.727. The zero-order valence-corrected chi connectivity index (χ0v) is 11.0. The van der Waals surface area contributed by atoms with E-state index in [9.17, 15) is 9.59 Å². The number of thioether (sulfide) groups is 1. The van der Waals surface area contributed by atoms with Gasteiger partial charge < -0.3 is 0 Å². The summed E-state index contributed by atoms with van der Waals surface area (Å²) in [7, 11) is 0. The zero-order chi connectivity index (χ0) is 12.3. The highest BCUT2D eigenvalue weighted by Gasteiger charge is 2.28. The Labute approximate surface area is 100 Å². The normalized spacial score (nSPS) is 18.9. The second kappa shape index (κ2) is 5.48. The molecule has 1 aliphatic rings. The Hall–Kier alpha value is -0.840. The molecule has 0 aromatic heterocycles. The van der Waals surface area contributed by atoms with Gasteiger partial charge in [-0.05, 0) is 0 Å². The van der Waals surface area contributed by atoms with Crippen LogP contribution < -0.4 is 0 Å². The van der Waals surface area contributed by atoms with Crippen molar-refractivity contribution in [2.45, 2.75) is 27.7 Å². The van der Waals surface area contributed by atoms with Gasteiger partial charge in [0.15, 0.2) is 5.17 Å². The molecule has 4 nitrogen and oxygen atoms in total. The monoisotopic (exact) mass is 242 g/mol. The van der Waals surface area contributed by atoms with Crippen LogP contribution in [-0.2, 0) is 9.59 Å². The number of aliphatic imine (C=N–C) groups is 1. The van der Waals surface area contributed by atoms with Crippen LogP contribution in [-0.4, -0.2) is 34.2 Å². The molecule has 0 bridgehead atoms. The van der Waals surface area contributed by atoms with E-state index in [0.29, 0.717) is 11.7 Å². The van der Waals surface area contributed by atoms with Gasteiger partial charge in [-0.25, -0.2) is 0 Å². The predicted molar refractivity (Wildman–Crippen MR) is 66.3 cm³/mol. The van der Waals surface area contributed by atoms with E-state index in [1.54, 1.807) is 18.7 Å². The van der Waals surface area contributed by atoms with Crippen LogP contribution in [0.25, 0.3) is 0 Å². The van der Waals surface area contributed by atoms with Crippen LogP contribution >= 0.6 is 11.8 Å². The Morgan fingerprint density at radius 2 is 1.88 bits per heavy atom. The summed E-state index contributed by atoms with van der Waals surface area (Å²) in [6, 6.07) is 0. The summed E-state index contributed by atoms with van der Waals surface area (Å²) in [5.41, 5.74) is 0. The molecular formula is C11H18N2O2S. The van der Waals surface area contributed by atoms with Crippen LogP contribution in [0.15, 0.2) is 4.99 Å². The van der Waals surface area contributed by atoms with E-state index >= 15 is 0 Å². The van der Waals surface area contributed by atoms with Gasteiger partial charge >= 0.3 is 0 Å². The first-order chi connectivity index (χ1) is 7.43. The molecule has 1 aliphatic heterocycles. The maximum Gasteiger partial charge on any atom is 0.250 e. The molecule has 0 unspecified atom stereocenters. The number of hydrogen-bond donors (Lipinski definition) is 0. The van der Waals surface area contributed by atoms with E-state index in [0.717, 1.165) is 5.75 Å². The Morgan fingerprint density at radius 1 is 1.25 bits per heavy atom. The lowest BCUT2D eigenvalue weighted by Crippen LogP contribution is -2.35. The Balaban J connectivity index is 2.80. The van der Waals surface area contributed by atoms with Crippen LogP contribution in [0.2, 0.25) is 0 Å². The first-order valence-corrected chi connectivity index (χ1v) is 6.48. The molecular weight excluding hydrogens is 224 g/mol. The van der Waals surface area contributed by atoms with Crippen molar-refractivity contribution in [3.63, 3.8) is 0 Å². The number of carbonyl (C=O) groups excluding carboxylic acids is 2. The van der Waals surface area contributed by atoms with Gasteiger partial charge in [0.1, 0.15) is 0 Å². The lowest BCUT2D eigenvalue weighted by molar-refractivity contribution is -0.130. The van der Waals surface area contributed by atoms with Gasteiger partial charge in [0.05, 0.1) is 0 Å². The minimum absolute atomic E-state index is 0.0420. The molecule has 0 saturated carbocycles. The Kier molecular flexibility index (Phi) is 4.53. The molecule has 1 heterocycles. The molecule has 0 spiro atoms. The highest BCUT2D eigenvalue weighted by molar-refractivity contribution is 8.14. The summed E-state index contributed by atoms with van der Waals surface area (Å²) in [4.78, 5) is 29.0. The fourth-order valence-corrected chi connectivity index (χ4v) is 2.18. The van der Waals surface area contributed by atoms with Crippen LogP contribution in [0, 0.1) is 11.8 Å². The van der Waals surface area contributed by atoms with E-state index in [1.165, 1.54) is 11.8 Å².